The molecule has 0 aromatic heterocycles. The van der Waals surface area contributed by atoms with Gasteiger partial charge in [-0.15, -0.1) is 0 Å². The predicted octanol–water partition coefficient (Wildman–Crippen LogP) is 1.87. The zero-order chi connectivity index (χ0) is 11.2. The number of benzene rings is 1. The SMILES string of the molecule is O=C(C[C@@H]1CCCN1)OCc1ccccc1. The van der Waals surface area contributed by atoms with Crippen LogP contribution in [0.4, 0.5) is 0 Å². The molecule has 3 nitrogen and oxygen atoms in total. The molecule has 1 atom stereocenters. The van der Waals surface area contributed by atoms with Crippen LogP contribution in [0.2, 0.25) is 0 Å². The summed E-state index contributed by atoms with van der Waals surface area (Å²) in [4.78, 5) is 11.5. The zero-order valence-corrected chi connectivity index (χ0v) is 9.32. The molecule has 0 bridgehead atoms. The molecule has 2 rings (SSSR count). The van der Waals surface area contributed by atoms with Gasteiger partial charge in [0.25, 0.3) is 0 Å². The van der Waals surface area contributed by atoms with Crippen molar-refractivity contribution >= 4 is 5.97 Å². The molecule has 1 aromatic carbocycles. The van der Waals surface area contributed by atoms with Crippen molar-refractivity contribution in [1.82, 2.24) is 5.32 Å². The third-order valence-electron chi connectivity index (χ3n) is 2.82. The number of hydrogen-bond donors (Lipinski definition) is 1. The molecule has 3 heteroatoms. The Morgan fingerprint density at radius 2 is 2.19 bits per heavy atom. The highest BCUT2D eigenvalue weighted by molar-refractivity contribution is 5.70. The zero-order valence-electron chi connectivity index (χ0n) is 9.32. The van der Waals surface area contributed by atoms with E-state index in [2.05, 4.69) is 5.32 Å². The fraction of sp³-hybridized carbons (Fsp3) is 0.462. The van der Waals surface area contributed by atoms with Gasteiger partial charge in [0.1, 0.15) is 6.61 Å². The summed E-state index contributed by atoms with van der Waals surface area (Å²) in [6.07, 6.45) is 2.74. The number of carbonyl (C=O) groups is 1. The number of esters is 1. The molecule has 86 valence electrons. The summed E-state index contributed by atoms with van der Waals surface area (Å²) in [6.45, 7) is 1.41. The molecule has 0 unspecified atom stereocenters. The summed E-state index contributed by atoms with van der Waals surface area (Å²) in [5, 5.41) is 3.28. The van der Waals surface area contributed by atoms with Gasteiger partial charge >= 0.3 is 5.97 Å². The lowest BCUT2D eigenvalue weighted by Gasteiger charge is -2.09. The number of carbonyl (C=O) groups excluding carboxylic acids is 1. The van der Waals surface area contributed by atoms with Crippen molar-refractivity contribution in [2.45, 2.75) is 31.9 Å². The van der Waals surface area contributed by atoms with E-state index in [1.165, 1.54) is 0 Å². The van der Waals surface area contributed by atoms with Crippen molar-refractivity contribution in [3.8, 4) is 0 Å². The van der Waals surface area contributed by atoms with Gasteiger partial charge < -0.3 is 10.1 Å². The first-order valence-electron chi connectivity index (χ1n) is 5.77. The van der Waals surface area contributed by atoms with Crippen molar-refractivity contribution in [2.75, 3.05) is 6.54 Å². The van der Waals surface area contributed by atoms with E-state index in [0.717, 1.165) is 24.9 Å². The van der Waals surface area contributed by atoms with Gasteiger partial charge in [0.2, 0.25) is 0 Å². The molecule has 1 aliphatic heterocycles. The van der Waals surface area contributed by atoms with Crippen LogP contribution >= 0.6 is 0 Å². The maximum Gasteiger partial charge on any atom is 0.307 e. The number of hydrogen-bond acceptors (Lipinski definition) is 3. The Bertz CT molecular complexity index is 331. The minimum Gasteiger partial charge on any atom is -0.461 e. The fourth-order valence-electron chi connectivity index (χ4n) is 1.93. The maximum atomic E-state index is 11.5. The van der Waals surface area contributed by atoms with Crippen molar-refractivity contribution in [1.29, 1.82) is 0 Å². The summed E-state index contributed by atoms with van der Waals surface area (Å²) in [7, 11) is 0. The molecule has 0 radical (unpaired) electrons. The van der Waals surface area contributed by atoms with E-state index in [0.29, 0.717) is 19.1 Å². The molecule has 1 heterocycles. The van der Waals surface area contributed by atoms with E-state index < -0.39 is 0 Å². The Morgan fingerprint density at radius 3 is 2.88 bits per heavy atom. The molecule has 0 saturated carbocycles. The summed E-state index contributed by atoms with van der Waals surface area (Å²) < 4.78 is 5.21. The first-order valence-corrected chi connectivity index (χ1v) is 5.77. The molecule has 1 fully saturated rings. The summed E-state index contributed by atoms with van der Waals surface area (Å²) in [5.41, 5.74) is 1.04. The average molecular weight is 219 g/mol. The molecule has 1 aromatic rings. The van der Waals surface area contributed by atoms with Crippen molar-refractivity contribution in [3.05, 3.63) is 35.9 Å². The van der Waals surface area contributed by atoms with E-state index in [1.807, 2.05) is 30.3 Å². The Balaban J connectivity index is 1.71. The van der Waals surface area contributed by atoms with E-state index in [9.17, 15) is 4.79 Å². The van der Waals surface area contributed by atoms with Crippen LogP contribution in [0.5, 0.6) is 0 Å². The van der Waals surface area contributed by atoms with E-state index in [1.54, 1.807) is 0 Å². The Labute approximate surface area is 95.8 Å². The third kappa shape index (κ3) is 3.35. The van der Waals surface area contributed by atoms with Crippen LogP contribution in [0, 0.1) is 0 Å². The molecular formula is C13H17NO2. The molecule has 1 N–H and O–H groups in total. The van der Waals surface area contributed by atoms with Crippen molar-refractivity contribution < 1.29 is 9.53 Å². The Kier molecular flexibility index (Phi) is 3.94. The highest BCUT2D eigenvalue weighted by Gasteiger charge is 2.18. The van der Waals surface area contributed by atoms with Gasteiger partial charge in [0.15, 0.2) is 0 Å². The Morgan fingerprint density at radius 1 is 1.38 bits per heavy atom. The summed E-state index contributed by atoms with van der Waals surface area (Å²) in [6, 6.07) is 10.1. The van der Waals surface area contributed by atoms with Crippen LogP contribution in [0.15, 0.2) is 30.3 Å². The Hall–Kier alpha value is -1.35. The molecule has 16 heavy (non-hydrogen) atoms. The second-order valence-electron chi connectivity index (χ2n) is 4.14. The van der Waals surface area contributed by atoms with Crippen molar-refractivity contribution in [3.63, 3.8) is 0 Å². The maximum absolute atomic E-state index is 11.5. The van der Waals surface area contributed by atoms with Gasteiger partial charge in [-0.3, -0.25) is 4.79 Å². The minimum atomic E-state index is -0.108. The highest BCUT2D eigenvalue weighted by atomic mass is 16.5. The molecule has 1 saturated heterocycles. The first kappa shape index (κ1) is 11.1. The van der Waals surface area contributed by atoms with Gasteiger partial charge in [0.05, 0.1) is 6.42 Å². The highest BCUT2D eigenvalue weighted by Crippen LogP contribution is 2.10. The average Bonchev–Trinajstić information content (AvgIpc) is 2.81. The van der Waals surface area contributed by atoms with Crippen LogP contribution in [-0.2, 0) is 16.1 Å². The van der Waals surface area contributed by atoms with E-state index in [-0.39, 0.29) is 5.97 Å². The number of nitrogens with one attached hydrogen (secondary N) is 1. The quantitative estimate of drug-likeness (QED) is 0.786. The molecule has 0 spiro atoms. The standard InChI is InChI=1S/C13H17NO2/c15-13(9-12-7-4-8-14-12)16-10-11-5-2-1-3-6-11/h1-3,5-6,12,14H,4,7-10H2/t12-/m0/s1. The predicted molar refractivity (Wildman–Crippen MR) is 61.9 cm³/mol. The second kappa shape index (κ2) is 5.66. The lowest BCUT2D eigenvalue weighted by atomic mass is 10.1. The van der Waals surface area contributed by atoms with Crippen molar-refractivity contribution in [2.24, 2.45) is 0 Å². The van der Waals surface area contributed by atoms with Crippen LogP contribution in [-0.4, -0.2) is 18.6 Å². The fourth-order valence-corrected chi connectivity index (χ4v) is 1.93. The molecule has 0 aliphatic carbocycles. The van der Waals surface area contributed by atoms with Gasteiger partial charge in [-0.05, 0) is 24.9 Å². The largest absolute Gasteiger partial charge is 0.461 e. The van der Waals surface area contributed by atoms with Gasteiger partial charge in [-0.1, -0.05) is 30.3 Å². The monoisotopic (exact) mass is 219 g/mol. The minimum absolute atomic E-state index is 0.108. The van der Waals surface area contributed by atoms with Crippen LogP contribution < -0.4 is 5.32 Å². The van der Waals surface area contributed by atoms with Gasteiger partial charge in [0, 0.05) is 6.04 Å². The van der Waals surface area contributed by atoms with Crippen LogP contribution in [0.1, 0.15) is 24.8 Å². The first-order chi connectivity index (χ1) is 7.84. The van der Waals surface area contributed by atoms with Gasteiger partial charge in [-0.2, -0.15) is 0 Å². The van der Waals surface area contributed by atoms with E-state index >= 15 is 0 Å². The normalized spacial score (nSPS) is 19.6. The smallest absolute Gasteiger partial charge is 0.307 e. The topological polar surface area (TPSA) is 38.3 Å². The van der Waals surface area contributed by atoms with Crippen LogP contribution in [0.3, 0.4) is 0 Å². The summed E-state index contributed by atoms with van der Waals surface area (Å²) in [5.74, 6) is -0.108. The van der Waals surface area contributed by atoms with E-state index in [4.69, 9.17) is 4.74 Å². The van der Waals surface area contributed by atoms with Crippen LogP contribution in [0.25, 0.3) is 0 Å². The molecular weight excluding hydrogens is 202 g/mol. The lowest BCUT2D eigenvalue weighted by molar-refractivity contribution is -0.145. The summed E-state index contributed by atoms with van der Waals surface area (Å²) >= 11 is 0. The number of rotatable bonds is 4. The molecule has 1 aliphatic rings. The lowest BCUT2D eigenvalue weighted by Crippen LogP contribution is -2.25. The third-order valence-corrected chi connectivity index (χ3v) is 2.82. The molecule has 0 amide bonds. The number of ether oxygens (including phenoxy) is 1. The second-order valence-corrected chi connectivity index (χ2v) is 4.14. The van der Waals surface area contributed by atoms with Gasteiger partial charge in [-0.25, -0.2) is 0 Å².